The second-order valence-corrected chi connectivity index (χ2v) is 17.8. The molecule has 2 aromatic carbocycles. The highest BCUT2D eigenvalue weighted by Crippen LogP contribution is 3.16. The summed E-state index contributed by atoms with van der Waals surface area (Å²) >= 11 is 0. The van der Waals surface area contributed by atoms with E-state index in [0.717, 1.165) is 61.3 Å². The fourth-order valence-electron chi connectivity index (χ4n) is 8.40. The smallest absolute Gasteiger partial charge is 0.303 e. The Balaban J connectivity index is 1.58. The minimum absolute atomic E-state index is 0.000816. The summed E-state index contributed by atoms with van der Waals surface area (Å²) in [6.45, 7) is 2.09. The summed E-state index contributed by atoms with van der Waals surface area (Å²) in [5, 5.41) is 9.70. The molecule has 4 heterocycles. The minimum Gasteiger partial charge on any atom is -0.487 e. The van der Waals surface area contributed by atoms with Gasteiger partial charge in [0.15, 0.2) is 11.6 Å². The number of aliphatic carboxylic acids is 1. The van der Waals surface area contributed by atoms with Crippen molar-refractivity contribution in [3.8, 4) is 5.75 Å². The number of hydrogen-bond acceptors (Lipinski definition) is 2. The summed E-state index contributed by atoms with van der Waals surface area (Å²) in [4.78, 5) is 17.0. The Hall–Kier alpha value is -3.64. The SMILES string of the molecule is CC1=C2C=CC(=C1)S21(CCCC(=O)O)(c2cccc(F)c2)C2=CC(c3cccc(F)c3OC3CCCC3)=C1C=C2. The van der Waals surface area contributed by atoms with Crippen LogP contribution in [0, 0.1) is 11.6 Å². The number of carboxylic acids is 1. The fraction of sp³-hybridized carbons (Fsp3) is 0.265. The van der Waals surface area contributed by atoms with Gasteiger partial charge in [0.25, 0.3) is 0 Å². The van der Waals surface area contributed by atoms with E-state index >= 15 is 8.78 Å². The van der Waals surface area contributed by atoms with Gasteiger partial charge in [0.1, 0.15) is 5.82 Å². The highest BCUT2D eigenvalue weighted by atomic mass is 32.4. The summed E-state index contributed by atoms with van der Waals surface area (Å²) in [6, 6.07) is 12.0. The third-order valence-electron chi connectivity index (χ3n) is 9.89. The van der Waals surface area contributed by atoms with Gasteiger partial charge in [-0.1, -0.05) is 18.2 Å². The number of rotatable bonds is 8. The molecule has 6 heteroatoms. The Kier molecular flexibility index (Phi) is 5.19. The van der Waals surface area contributed by atoms with Crippen LogP contribution in [0.4, 0.5) is 8.78 Å². The predicted octanol–water partition coefficient (Wildman–Crippen LogP) is 9.01. The van der Waals surface area contributed by atoms with E-state index in [4.69, 9.17) is 4.74 Å². The lowest BCUT2D eigenvalue weighted by Gasteiger charge is -2.77. The van der Waals surface area contributed by atoms with E-state index in [0.29, 0.717) is 17.7 Å². The average Bonchev–Trinajstić information content (AvgIpc) is 3.71. The summed E-state index contributed by atoms with van der Waals surface area (Å²) in [7, 11) is -4.07. The zero-order valence-corrected chi connectivity index (χ0v) is 23.3. The molecule has 0 unspecified atom stereocenters. The molecule has 0 atom stereocenters. The van der Waals surface area contributed by atoms with Crippen LogP contribution in [-0.2, 0) is 4.79 Å². The first kappa shape index (κ1) is 25.3. The standard InChI is InChI=1S/C34H32F2O3S/c1-22-19-26-14-16-31(22)40(26,18-6-13-33(37)38,25-10-4-7-23(35)20-25)27-15-17-32(40)29(21-27)28-11-5-12-30(36)34(28)39-24-8-2-3-9-24/h4-5,7,10-12,14-17,19-21,24H,2-3,6,8-9,13,18H2,1H3,(H,37,38). The molecule has 3 nitrogen and oxygen atoms in total. The number of halogens is 2. The third kappa shape index (κ3) is 2.64. The maximum absolute atomic E-state index is 15.5. The number of benzene rings is 2. The van der Waals surface area contributed by atoms with Gasteiger partial charge in [0.2, 0.25) is 0 Å². The summed E-state index contributed by atoms with van der Waals surface area (Å²) in [5.74, 6) is -0.794. The molecule has 1 fully saturated rings. The van der Waals surface area contributed by atoms with Gasteiger partial charge in [-0.25, -0.2) is 8.78 Å². The molecule has 0 amide bonds. The predicted molar refractivity (Wildman–Crippen MR) is 157 cm³/mol. The molecular weight excluding hydrogens is 526 g/mol. The first-order valence-electron chi connectivity index (χ1n) is 14.0. The summed E-state index contributed by atoms with van der Waals surface area (Å²) in [5.41, 5.74) is 2.68. The zero-order chi connectivity index (χ0) is 27.8. The maximum atomic E-state index is 15.5. The summed E-state index contributed by atoms with van der Waals surface area (Å²) in [6.07, 6.45) is 17.2. The quantitative estimate of drug-likeness (QED) is 0.352. The molecule has 5 aliphatic rings. The van der Waals surface area contributed by atoms with Crippen molar-refractivity contribution in [2.24, 2.45) is 0 Å². The van der Waals surface area contributed by atoms with Crippen molar-refractivity contribution in [3.05, 3.63) is 121 Å². The number of para-hydroxylation sites is 1. The second kappa shape index (κ2) is 8.20. The largest absolute Gasteiger partial charge is 0.487 e. The first-order chi connectivity index (χ1) is 19.3. The van der Waals surface area contributed by atoms with Crippen LogP contribution in [0.25, 0.3) is 5.57 Å². The van der Waals surface area contributed by atoms with Gasteiger partial charge in [-0.05, 0) is 136 Å². The zero-order valence-electron chi connectivity index (χ0n) is 22.5. The van der Waals surface area contributed by atoms with E-state index in [9.17, 15) is 9.90 Å². The van der Waals surface area contributed by atoms with Gasteiger partial charge in [0.05, 0.1) is 6.10 Å². The molecule has 1 spiro atoms. The van der Waals surface area contributed by atoms with Crippen LogP contribution in [0.5, 0.6) is 5.75 Å². The normalized spacial score (nSPS) is 24.3. The Morgan fingerprint density at radius 2 is 1.70 bits per heavy atom. The molecule has 1 saturated carbocycles. The molecule has 1 N–H and O–H groups in total. The van der Waals surface area contributed by atoms with Gasteiger partial charge in [0, 0.05) is 16.9 Å². The highest BCUT2D eigenvalue weighted by Gasteiger charge is 2.77. The lowest BCUT2D eigenvalue weighted by molar-refractivity contribution is -0.137. The van der Waals surface area contributed by atoms with Gasteiger partial charge in [-0.15, -0.1) is 0 Å². The van der Waals surface area contributed by atoms with Crippen LogP contribution in [0.15, 0.2) is 109 Å². The van der Waals surface area contributed by atoms with Crippen LogP contribution in [0.2, 0.25) is 0 Å². The van der Waals surface area contributed by atoms with Crippen molar-refractivity contribution in [2.75, 3.05) is 5.75 Å². The molecule has 4 aliphatic heterocycles. The van der Waals surface area contributed by atoms with Gasteiger partial charge >= 0.3 is 5.97 Å². The van der Waals surface area contributed by atoms with Crippen molar-refractivity contribution in [3.63, 3.8) is 0 Å². The Morgan fingerprint density at radius 1 is 0.975 bits per heavy atom. The molecule has 4 bridgehead atoms. The molecule has 206 valence electrons. The topological polar surface area (TPSA) is 46.5 Å². The molecule has 0 saturated heterocycles. The summed E-state index contributed by atoms with van der Waals surface area (Å²) < 4.78 is 37.1. The number of carbonyl (C=O) groups is 1. The molecule has 2 aromatic rings. The Morgan fingerprint density at radius 3 is 2.38 bits per heavy atom. The number of ether oxygens (including phenoxy) is 1. The molecule has 1 aliphatic carbocycles. The van der Waals surface area contributed by atoms with E-state index in [1.165, 1.54) is 12.1 Å². The van der Waals surface area contributed by atoms with Crippen LogP contribution < -0.4 is 4.74 Å². The van der Waals surface area contributed by atoms with Crippen molar-refractivity contribution in [2.45, 2.75) is 56.4 Å². The third-order valence-corrected chi connectivity index (χ3v) is 19.0. The van der Waals surface area contributed by atoms with Crippen LogP contribution in [0.1, 0.15) is 51.0 Å². The molecular formula is C34H32F2O3S. The molecule has 7 rings (SSSR count). The molecule has 0 radical (unpaired) electrons. The van der Waals surface area contributed by atoms with Crippen molar-refractivity contribution < 1.29 is 23.4 Å². The van der Waals surface area contributed by atoms with Gasteiger partial charge in [-0.2, -0.15) is 8.29 Å². The van der Waals surface area contributed by atoms with E-state index in [1.54, 1.807) is 18.2 Å². The second-order valence-electron chi connectivity index (χ2n) is 11.6. The first-order valence-corrected chi connectivity index (χ1v) is 16.6. The van der Waals surface area contributed by atoms with Gasteiger partial charge in [-0.3, -0.25) is 4.79 Å². The number of allylic oxidation sites excluding steroid dienone is 8. The Labute approximate surface area is 232 Å². The highest BCUT2D eigenvalue weighted by molar-refractivity contribution is 8.75. The van der Waals surface area contributed by atoms with E-state index in [-0.39, 0.29) is 24.1 Å². The molecule has 0 aromatic heterocycles. The van der Waals surface area contributed by atoms with E-state index in [2.05, 4.69) is 43.4 Å². The number of hydrogen-bond donors (Lipinski definition) is 1. The fourth-order valence-corrected chi connectivity index (χ4v) is 18.2. The Bertz CT molecular complexity index is 1720. The van der Waals surface area contributed by atoms with Crippen LogP contribution in [-0.4, -0.2) is 22.9 Å². The van der Waals surface area contributed by atoms with Crippen LogP contribution >= 0.6 is 8.29 Å². The van der Waals surface area contributed by atoms with Crippen molar-refractivity contribution in [1.82, 2.24) is 0 Å². The average molecular weight is 559 g/mol. The van der Waals surface area contributed by atoms with Gasteiger partial charge < -0.3 is 9.84 Å². The minimum atomic E-state index is -4.07. The maximum Gasteiger partial charge on any atom is 0.303 e. The monoisotopic (exact) mass is 558 g/mol. The van der Waals surface area contributed by atoms with Crippen molar-refractivity contribution >= 4 is 19.8 Å². The lowest BCUT2D eigenvalue weighted by Crippen LogP contribution is -2.38. The lowest BCUT2D eigenvalue weighted by atomic mass is 10.0. The van der Waals surface area contributed by atoms with Crippen molar-refractivity contribution in [1.29, 1.82) is 0 Å². The molecule has 40 heavy (non-hydrogen) atoms. The van der Waals surface area contributed by atoms with E-state index in [1.807, 2.05) is 12.1 Å². The number of carboxylic acid groups (broad SMARTS) is 1. The van der Waals surface area contributed by atoms with E-state index < -0.39 is 20.1 Å². The van der Waals surface area contributed by atoms with Crippen LogP contribution in [0.3, 0.4) is 0 Å².